The second-order valence-electron chi connectivity index (χ2n) is 4.57. The van der Waals surface area contributed by atoms with Gasteiger partial charge in [0.2, 0.25) is 11.8 Å². The number of hydrogen-bond donors (Lipinski definition) is 1. The first kappa shape index (κ1) is 15.6. The van der Waals surface area contributed by atoms with E-state index < -0.39 is 23.4 Å². The second kappa shape index (κ2) is 6.33. The number of benzene rings is 1. The Bertz CT molecular complexity index is 715. The van der Waals surface area contributed by atoms with Gasteiger partial charge in [0, 0.05) is 19.1 Å². The van der Waals surface area contributed by atoms with Crippen molar-refractivity contribution in [3.05, 3.63) is 41.7 Å². The van der Waals surface area contributed by atoms with Gasteiger partial charge >= 0.3 is 0 Å². The van der Waals surface area contributed by atoms with Crippen LogP contribution in [-0.4, -0.2) is 23.5 Å². The quantitative estimate of drug-likeness (QED) is 0.940. The molecule has 1 heterocycles. The number of amides is 2. The number of aryl methyl sites for hydroxylation is 1. The molecule has 0 saturated heterocycles. The molecule has 6 nitrogen and oxygen atoms in total. The molecule has 0 bridgehead atoms. The Balaban J connectivity index is 2.10. The van der Waals surface area contributed by atoms with Gasteiger partial charge < -0.3 is 9.84 Å². The zero-order chi connectivity index (χ0) is 16.3. The van der Waals surface area contributed by atoms with Crippen LogP contribution < -0.4 is 10.2 Å². The van der Waals surface area contributed by atoms with Crippen LogP contribution in [0.25, 0.3) is 0 Å². The highest BCUT2D eigenvalue weighted by atomic mass is 19.1. The Morgan fingerprint density at radius 3 is 2.59 bits per heavy atom. The number of carbonyl (C=O) groups excluding carboxylic acids is 2. The highest BCUT2D eigenvalue weighted by Crippen LogP contribution is 2.17. The number of nitrogens with one attached hydrogen (secondary N) is 1. The van der Waals surface area contributed by atoms with Gasteiger partial charge in [0.15, 0.2) is 5.82 Å². The number of anilines is 2. The van der Waals surface area contributed by atoms with Gasteiger partial charge in [0.05, 0.1) is 5.69 Å². The Labute approximate surface area is 124 Å². The summed E-state index contributed by atoms with van der Waals surface area (Å²) in [6.07, 6.45) is 0. The number of aromatic nitrogens is 1. The van der Waals surface area contributed by atoms with Crippen LogP contribution in [0.4, 0.5) is 20.3 Å². The lowest BCUT2D eigenvalue weighted by atomic mass is 10.3. The van der Waals surface area contributed by atoms with Crippen LogP contribution in [0.15, 0.2) is 28.8 Å². The van der Waals surface area contributed by atoms with Gasteiger partial charge in [-0.1, -0.05) is 5.16 Å². The van der Waals surface area contributed by atoms with Gasteiger partial charge in [-0.2, -0.15) is 0 Å². The summed E-state index contributed by atoms with van der Waals surface area (Å²) < 4.78 is 31.1. The zero-order valence-corrected chi connectivity index (χ0v) is 11.9. The SMILES string of the molecule is CC(=O)N(CC(=O)Nc1ccc(F)cc1F)c1cc(C)on1. The van der Waals surface area contributed by atoms with E-state index in [-0.39, 0.29) is 18.1 Å². The number of nitrogens with zero attached hydrogens (tertiary/aromatic N) is 2. The van der Waals surface area contributed by atoms with E-state index in [0.717, 1.165) is 17.0 Å². The second-order valence-corrected chi connectivity index (χ2v) is 4.57. The highest BCUT2D eigenvalue weighted by Gasteiger charge is 2.19. The third kappa shape index (κ3) is 3.66. The molecule has 0 aliphatic heterocycles. The maximum atomic E-state index is 13.5. The van der Waals surface area contributed by atoms with Gasteiger partial charge in [-0.3, -0.25) is 14.5 Å². The van der Waals surface area contributed by atoms with E-state index in [1.165, 1.54) is 13.0 Å². The molecular weight excluding hydrogens is 296 g/mol. The van der Waals surface area contributed by atoms with Crippen molar-refractivity contribution in [1.29, 1.82) is 0 Å². The summed E-state index contributed by atoms with van der Waals surface area (Å²) in [6, 6.07) is 4.26. The van der Waals surface area contributed by atoms with E-state index in [9.17, 15) is 18.4 Å². The average molecular weight is 309 g/mol. The molecule has 0 saturated carbocycles. The molecule has 0 spiro atoms. The summed E-state index contributed by atoms with van der Waals surface area (Å²) in [4.78, 5) is 24.6. The van der Waals surface area contributed by atoms with Crippen LogP contribution in [0.5, 0.6) is 0 Å². The molecule has 116 valence electrons. The lowest BCUT2D eigenvalue weighted by Gasteiger charge is -2.17. The summed E-state index contributed by atoms with van der Waals surface area (Å²) in [5.74, 6) is -2.07. The molecule has 8 heteroatoms. The van der Waals surface area contributed by atoms with Crippen molar-refractivity contribution in [3.63, 3.8) is 0 Å². The molecule has 2 aromatic rings. The summed E-state index contributed by atoms with van der Waals surface area (Å²) >= 11 is 0. The van der Waals surface area contributed by atoms with Crippen LogP contribution in [0, 0.1) is 18.6 Å². The fourth-order valence-corrected chi connectivity index (χ4v) is 1.76. The van der Waals surface area contributed by atoms with E-state index in [0.29, 0.717) is 11.8 Å². The minimum atomic E-state index is -0.903. The standard InChI is InChI=1S/C14H13F2N3O3/c1-8-5-13(18-22-8)19(9(2)20)7-14(21)17-12-4-3-10(15)6-11(12)16/h3-6H,7H2,1-2H3,(H,17,21). The molecule has 2 rings (SSSR count). The third-order valence-corrected chi connectivity index (χ3v) is 2.78. The molecule has 0 aliphatic carbocycles. The Morgan fingerprint density at radius 2 is 2.05 bits per heavy atom. The van der Waals surface area contributed by atoms with Crippen molar-refractivity contribution in [2.45, 2.75) is 13.8 Å². The topological polar surface area (TPSA) is 75.4 Å². The van der Waals surface area contributed by atoms with Crippen LogP contribution in [0.1, 0.15) is 12.7 Å². The van der Waals surface area contributed by atoms with Crippen molar-refractivity contribution >= 4 is 23.3 Å². The van der Waals surface area contributed by atoms with Crippen LogP contribution in [0.3, 0.4) is 0 Å². The average Bonchev–Trinajstić information content (AvgIpc) is 2.85. The molecule has 1 N–H and O–H groups in total. The van der Waals surface area contributed by atoms with Crippen molar-refractivity contribution in [2.75, 3.05) is 16.8 Å². The first-order chi connectivity index (χ1) is 10.4. The predicted molar refractivity (Wildman–Crippen MR) is 74.3 cm³/mol. The maximum absolute atomic E-state index is 13.5. The fourth-order valence-electron chi connectivity index (χ4n) is 1.76. The Morgan fingerprint density at radius 1 is 1.32 bits per heavy atom. The monoisotopic (exact) mass is 309 g/mol. The van der Waals surface area contributed by atoms with Crippen molar-refractivity contribution in [3.8, 4) is 0 Å². The molecule has 1 aromatic heterocycles. The Hall–Kier alpha value is -2.77. The molecule has 2 amide bonds. The van der Waals surface area contributed by atoms with Gasteiger partial charge in [-0.25, -0.2) is 8.78 Å². The fraction of sp³-hybridized carbons (Fsp3) is 0.214. The molecular formula is C14H13F2N3O3. The number of halogens is 2. The van der Waals surface area contributed by atoms with Crippen molar-refractivity contribution in [2.24, 2.45) is 0 Å². The molecule has 0 radical (unpaired) electrons. The smallest absolute Gasteiger partial charge is 0.244 e. The van der Waals surface area contributed by atoms with E-state index >= 15 is 0 Å². The molecule has 1 aromatic carbocycles. The predicted octanol–water partition coefficient (Wildman–Crippen LogP) is 2.25. The highest BCUT2D eigenvalue weighted by molar-refractivity contribution is 6.01. The summed E-state index contributed by atoms with van der Waals surface area (Å²) in [5.41, 5.74) is -0.175. The van der Waals surface area contributed by atoms with Gasteiger partial charge in [-0.15, -0.1) is 0 Å². The molecule has 0 unspecified atom stereocenters. The lowest BCUT2D eigenvalue weighted by molar-refractivity contribution is -0.120. The molecule has 0 atom stereocenters. The number of carbonyl (C=O) groups is 2. The number of rotatable bonds is 4. The van der Waals surface area contributed by atoms with E-state index in [4.69, 9.17) is 4.52 Å². The van der Waals surface area contributed by atoms with E-state index in [1.807, 2.05) is 0 Å². The van der Waals surface area contributed by atoms with E-state index in [2.05, 4.69) is 10.5 Å². The zero-order valence-electron chi connectivity index (χ0n) is 11.9. The summed E-state index contributed by atoms with van der Waals surface area (Å²) in [7, 11) is 0. The minimum Gasteiger partial charge on any atom is -0.360 e. The summed E-state index contributed by atoms with van der Waals surface area (Å²) in [5, 5.41) is 5.92. The number of hydrogen-bond acceptors (Lipinski definition) is 4. The van der Waals surface area contributed by atoms with Gasteiger partial charge in [0.1, 0.15) is 23.9 Å². The van der Waals surface area contributed by atoms with Gasteiger partial charge in [-0.05, 0) is 19.1 Å². The molecule has 0 fully saturated rings. The van der Waals surface area contributed by atoms with Crippen molar-refractivity contribution in [1.82, 2.24) is 5.16 Å². The summed E-state index contributed by atoms with van der Waals surface area (Å²) in [6.45, 7) is 2.52. The van der Waals surface area contributed by atoms with E-state index in [1.54, 1.807) is 6.92 Å². The lowest BCUT2D eigenvalue weighted by Crippen LogP contribution is -2.37. The first-order valence-electron chi connectivity index (χ1n) is 6.33. The minimum absolute atomic E-state index is 0.175. The maximum Gasteiger partial charge on any atom is 0.244 e. The largest absolute Gasteiger partial charge is 0.360 e. The van der Waals surface area contributed by atoms with Crippen LogP contribution in [0.2, 0.25) is 0 Å². The van der Waals surface area contributed by atoms with Crippen LogP contribution in [-0.2, 0) is 9.59 Å². The molecule has 0 aliphatic rings. The van der Waals surface area contributed by atoms with Crippen molar-refractivity contribution < 1.29 is 22.9 Å². The Kier molecular flexibility index (Phi) is 4.50. The first-order valence-corrected chi connectivity index (χ1v) is 6.33. The van der Waals surface area contributed by atoms with Gasteiger partial charge in [0.25, 0.3) is 0 Å². The van der Waals surface area contributed by atoms with Crippen LogP contribution >= 0.6 is 0 Å². The normalized spacial score (nSPS) is 10.4. The third-order valence-electron chi connectivity index (χ3n) is 2.78. The molecule has 22 heavy (non-hydrogen) atoms.